The highest BCUT2D eigenvalue weighted by molar-refractivity contribution is 5.77. The summed E-state index contributed by atoms with van der Waals surface area (Å²) in [6.07, 6.45) is 0. The van der Waals surface area contributed by atoms with E-state index in [1.54, 1.807) is 0 Å². The summed E-state index contributed by atoms with van der Waals surface area (Å²) < 4.78 is 0. The molecule has 0 aromatic carbocycles. The predicted molar refractivity (Wildman–Crippen MR) is 37.2 cm³/mol. The van der Waals surface area contributed by atoms with Crippen LogP contribution in [-0.2, 0) is 14.7 Å². The van der Waals surface area contributed by atoms with E-state index in [2.05, 4.69) is 10.6 Å². The lowest BCUT2D eigenvalue weighted by Crippen LogP contribution is -2.34. The zero-order valence-electron chi connectivity index (χ0n) is 6.35. The molecule has 5 heteroatoms. The number of carbonyl (C=O) groups excluding carboxylic acids is 2. The lowest BCUT2D eigenvalue weighted by Gasteiger charge is -2.02. The van der Waals surface area contributed by atoms with Gasteiger partial charge in [-0.15, -0.1) is 0 Å². The summed E-state index contributed by atoms with van der Waals surface area (Å²) in [6, 6.07) is 0. The van der Waals surface area contributed by atoms with Crippen LogP contribution in [0.5, 0.6) is 0 Å². The molecule has 0 aliphatic rings. The topological polar surface area (TPSA) is 78.1 Å². The van der Waals surface area contributed by atoms with Gasteiger partial charge in [0, 0.05) is 20.0 Å². The first-order chi connectivity index (χ1) is 5.16. The fraction of sp³-hybridized carbons (Fsp3) is 0.667. The van der Waals surface area contributed by atoms with E-state index in [-0.39, 0.29) is 5.91 Å². The summed E-state index contributed by atoms with van der Waals surface area (Å²) in [5, 5.41) is 14.6. The highest BCUT2D eigenvalue weighted by Crippen LogP contribution is 1.63. The van der Waals surface area contributed by atoms with Gasteiger partial charge in [-0.25, -0.2) is 5.11 Å². The number of rotatable bonds is 4. The third kappa shape index (κ3) is 6.79. The average molecular weight is 159 g/mol. The Kier molecular flexibility index (Phi) is 5.10. The third-order valence-corrected chi connectivity index (χ3v) is 0.952. The van der Waals surface area contributed by atoms with Gasteiger partial charge in [0.2, 0.25) is 11.8 Å². The fourth-order valence-electron chi connectivity index (χ4n) is 0.491. The second-order valence-electron chi connectivity index (χ2n) is 1.98. The van der Waals surface area contributed by atoms with Crippen molar-refractivity contribution in [3.8, 4) is 0 Å². The highest BCUT2D eigenvalue weighted by Gasteiger charge is 1.96. The monoisotopic (exact) mass is 159 g/mol. The molecule has 0 aliphatic heterocycles. The Morgan fingerprint density at radius 1 is 1.18 bits per heavy atom. The summed E-state index contributed by atoms with van der Waals surface area (Å²) >= 11 is 0. The maximum atomic E-state index is 10.3. The second kappa shape index (κ2) is 5.67. The molecule has 0 atom stereocenters. The molecule has 2 N–H and O–H groups in total. The lowest BCUT2D eigenvalue weighted by molar-refractivity contribution is -0.125. The molecule has 63 valence electrons. The van der Waals surface area contributed by atoms with Crippen LogP contribution < -0.4 is 10.6 Å². The van der Waals surface area contributed by atoms with E-state index >= 15 is 0 Å². The molecule has 0 aliphatic carbocycles. The van der Waals surface area contributed by atoms with Crippen LogP contribution in [0.3, 0.4) is 0 Å². The third-order valence-electron chi connectivity index (χ3n) is 0.952. The number of carbonyl (C=O) groups is 2. The Morgan fingerprint density at radius 3 is 2.18 bits per heavy atom. The van der Waals surface area contributed by atoms with E-state index in [4.69, 9.17) is 0 Å². The molecular weight excluding hydrogens is 148 g/mol. The molecule has 11 heavy (non-hydrogen) atoms. The zero-order chi connectivity index (χ0) is 8.69. The molecule has 0 bridgehead atoms. The quantitative estimate of drug-likeness (QED) is 0.498. The summed E-state index contributed by atoms with van der Waals surface area (Å²) in [5.41, 5.74) is 0. The maximum Gasteiger partial charge on any atom is 0.249 e. The summed E-state index contributed by atoms with van der Waals surface area (Å²) in [5.74, 6) is -0.697. The van der Waals surface area contributed by atoms with E-state index in [1.807, 2.05) is 0 Å². The molecular formula is C6H11N2O3. The van der Waals surface area contributed by atoms with Crippen LogP contribution in [-0.4, -0.2) is 31.5 Å². The Balaban J connectivity index is 3.14. The van der Waals surface area contributed by atoms with E-state index in [9.17, 15) is 14.7 Å². The van der Waals surface area contributed by atoms with Gasteiger partial charge in [-0.1, -0.05) is 0 Å². The summed E-state index contributed by atoms with van der Waals surface area (Å²) in [6.45, 7) is 1.29. The van der Waals surface area contributed by atoms with Crippen LogP contribution in [0.15, 0.2) is 0 Å². The van der Waals surface area contributed by atoms with Gasteiger partial charge in [0.25, 0.3) is 0 Å². The van der Waals surface area contributed by atoms with E-state index in [1.165, 1.54) is 6.92 Å². The van der Waals surface area contributed by atoms with Crippen LogP contribution in [0.1, 0.15) is 6.92 Å². The fourth-order valence-corrected chi connectivity index (χ4v) is 0.491. The van der Waals surface area contributed by atoms with E-state index in [0.29, 0.717) is 13.1 Å². The maximum absolute atomic E-state index is 10.3. The lowest BCUT2D eigenvalue weighted by atomic mass is 10.5. The van der Waals surface area contributed by atoms with Gasteiger partial charge in [0.15, 0.2) is 6.61 Å². The molecule has 0 rings (SSSR count). The van der Waals surface area contributed by atoms with Gasteiger partial charge in [-0.05, 0) is 0 Å². The second-order valence-corrected chi connectivity index (χ2v) is 1.98. The number of amides is 2. The summed E-state index contributed by atoms with van der Waals surface area (Å²) in [7, 11) is 0. The number of hydrogen-bond donors (Lipinski definition) is 2. The predicted octanol–water partition coefficient (Wildman–Crippen LogP) is -1.33. The van der Waals surface area contributed by atoms with Crippen molar-refractivity contribution >= 4 is 11.8 Å². The molecule has 0 saturated carbocycles. The zero-order valence-corrected chi connectivity index (χ0v) is 6.35. The summed E-state index contributed by atoms with van der Waals surface area (Å²) in [4.78, 5) is 20.6. The molecule has 0 saturated heterocycles. The first-order valence-corrected chi connectivity index (χ1v) is 3.26. The van der Waals surface area contributed by atoms with E-state index < -0.39 is 12.5 Å². The van der Waals surface area contributed by atoms with Crippen LogP contribution in [0.4, 0.5) is 0 Å². The SMILES string of the molecule is CC(=O)NCCNC(=O)C[O]. The largest absolute Gasteiger partial charge is 0.355 e. The first-order valence-electron chi connectivity index (χ1n) is 3.26. The van der Waals surface area contributed by atoms with Gasteiger partial charge in [0.1, 0.15) is 0 Å². The molecule has 0 aromatic rings. The smallest absolute Gasteiger partial charge is 0.249 e. The van der Waals surface area contributed by atoms with Gasteiger partial charge in [-0.3, -0.25) is 9.59 Å². The van der Waals surface area contributed by atoms with Gasteiger partial charge in [0.05, 0.1) is 0 Å². The van der Waals surface area contributed by atoms with Crippen LogP contribution in [0, 0.1) is 0 Å². The molecule has 1 radical (unpaired) electrons. The Hall–Kier alpha value is -1.10. The minimum absolute atomic E-state index is 0.152. The minimum atomic E-state index is -0.764. The van der Waals surface area contributed by atoms with Gasteiger partial charge < -0.3 is 10.6 Å². The highest BCUT2D eigenvalue weighted by atomic mass is 16.3. The first kappa shape index (κ1) is 9.90. The van der Waals surface area contributed by atoms with Crippen molar-refractivity contribution < 1.29 is 14.7 Å². The normalized spacial score (nSPS) is 8.91. The molecule has 5 nitrogen and oxygen atoms in total. The molecule has 0 unspecified atom stereocenters. The van der Waals surface area contributed by atoms with Crippen molar-refractivity contribution in [2.24, 2.45) is 0 Å². The van der Waals surface area contributed by atoms with Crippen molar-refractivity contribution in [3.63, 3.8) is 0 Å². The Morgan fingerprint density at radius 2 is 1.73 bits per heavy atom. The van der Waals surface area contributed by atoms with Crippen molar-refractivity contribution in [1.29, 1.82) is 0 Å². The number of nitrogens with one attached hydrogen (secondary N) is 2. The molecule has 2 amide bonds. The number of hydrogen-bond acceptors (Lipinski definition) is 2. The van der Waals surface area contributed by atoms with Crippen LogP contribution in [0.25, 0.3) is 0 Å². The van der Waals surface area contributed by atoms with Crippen molar-refractivity contribution in [3.05, 3.63) is 0 Å². The van der Waals surface area contributed by atoms with Crippen molar-refractivity contribution in [2.45, 2.75) is 6.92 Å². The molecule has 0 fully saturated rings. The Bertz CT molecular complexity index is 147. The minimum Gasteiger partial charge on any atom is -0.355 e. The van der Waals surface area contributed by atoms with Crippen LogP contribution >= 0.6 is 0 Å². The average Bonchev–Trinajstić information content (AvgIpc) is 1.97. The van der Waals surface area contributed by atoms with Crippen molar-refractivity contribution in [2.75, 3.05) is 19.7 Å². The van der Waals surface area contributed by atoms with E-state index in [0.717, 1.165) is 0 Å². The van der Waals surface area contributed by atoms with Crippen molar-refractivity contribution in [1.82, 2.24) is 10.6 Å². The molecule has 0 heterocycles. The molecule has 0 spiro atoms. The molecule has 0 aromatic heterocycles. The van der Waals surface area contributed by atoms with Crippen LogP contribution in [0.2, 0.25) is 0 Å². The van der Waals surface area contributed by atoms with Gasteiger partial charge >= 0.3 is 0 Å². The van der Waals surface area contributed by atoms with Gasteiger partial charge in [-0.2, -0.15) is 0 Å². The Labute approximate surface area is 64.8 Å². The standard InChI is InChI=1S/C6H11N2O3/c1-5(10)7-2-3-8-6(11)4-9/h2-4H2,1H3,(H,7,10)(H,8,11).